The van der Waals surface area contributed by atoms with Crippen LogP contribution in [0.25, 0.3) is 54.9 Å². The van der Waals surface area contributed by atoms with Gasteiger partial charge >= 0.3 is 0 Å². The Labute approximate surface area is 261 Å². The van der Waals surface area contributed by atoms with Crippen LogP contribution >= 0.6 is 0 Å². The average Bonchev–Trinajstić information content (AvgIpc) is 3.69. The molecule has 0 aliphatic heterocycles. The highest BCUT2D eigenvalue weighted by Gasteiger charge is 2.16. The summed E-state index contributed by atoms with van der Waals surface area (Å²) in [6.07, 6.45) is 2.20. The van der Waals surface area contributed by atoms with E-state index >= 15 is 0 Å². The summed E-state index contributed by atoms with van der Waals surface area (Å²) in [6.45, 7) is 0. The first-order valence-corrected chi connectivity index (χ1v) is 15.4. The fraction of sp³-hybridized carbons (Fsp3) is 0. The molecule has 212 valence electrons. The smallest absolute Gasteiger partial charge is 0.0547 e. The molecule has 0 saturated carbocycles. The van der Waals surface area contributed by atoms with E-state index < -0.39 is 0 Å². The highest BCUT2D eigenvalue weighted by molar-refractivity contribution is 6.18. The molecular weight excluding hydrogens is 546 g/mol. The number of anilines is 3. The van der Waals surface area contributed by atoms with Crippen LogP contribution in [-0.4, -0.2) is 9.13 Å². The summed E-state index contributed by atoms with van der Waals surface area (Å²) in [6, 6.07) is 60.8. The number of aromatic nitrogens is 2. The van der Waals surface area contributed by atoms with Gasteiger partial charge in [0.05, 0.1) is 16.6 Å². The van der Waals surface area contributed by atoms with Gasteiger partial charge in [-0.25, -0.2) is 0 Å². The van der Waals surface area contributed by atoms with Gasteiger partial charge in [0.25, 0.3) is 0 Å². The van der Waals surface area contributed by atoms with E-state index in [1.165, 1.54) is 49.2 Å². The fourth-order valence-corrected chi connectivity index (χ4v) is 6.86. The minimum Gasteiger partial charge on any atom is -0.317 e. The molecule has 0 aliphatic carbocycles. The predicted octanol–water partition coefficient (Wildman–Crippen LogP) is 11.4. The largest absolute Gasteiger partial charge is 0.317 e. The van der Waals surface area contributed by atoms with Crippen molar-refractivity contribution >= 4 is 60.5 Å². The van der Waals surface area contributed by atoms with E-state index in [0.29, 0.717) is 0 Å². The molecule has 9 rings (SSSR count). The number of hydrogen-bond acceptors (Lipinski definition) is 1. The van der Waals surface area contributed by atoms with Gasteiger partial charge in [-0.1, -0.05) is 78.9 Å². The van der Waals surface area contributed by atoms with Crippen LogP contribution in [0.1, 0.15) is 0 Å². The first-order valence-electron chi connectivity index (χ1n) is 15.4. The maximum Gasteiger partial charge on any atom is 0.0547 e. The average molecular weight is 576 g/mol. The molecule has 2 aromatic heterocycles. The Bertz CT molecular complexity index is 2420. The van der Waals surface area contributed by atoms with E-state index in [4.69, 9.17) is 0 Å². The molecule has 0 saturated heterocycles. The summed E-state index contributed by atoms with van der Waals surface area (Å²) in [4.78, 5) is 2.29. The van der Waals surface area contributed by atoms with Crippen molar-refractivity contribution in [3.05, 3.63) is 176 Å². The Morgan fingerprint density at radius 1 is 0.356 bits per heavy atom. The van der Waals surface area contributed by atoms with Crippen LogP contribution in [0.3, 0.4) is 0 Å². The van der Waals surface area contributed by atoms with E-state index in [9.17, 15) is 0 Å². The van der Waals surface area contributed by atoms with Gasteiger partial charge in [-0.2, -0.15) is 0 Å². The molecule has 0 radical (unpaired) electrons. The third-order valence-electron chi connectivity index (χ3n) is 8.91. The number of hydrogen-bond donors (Lipinski definition) is 0. The maximum atomic E-state index is 2.39. The Morgan fingerprint density at radius 3 is 1.67 bits per heavy atom. The lowest BCUT2D eigenvalue weighted by molar-refractivity contribution is 1.13. The van der Waals surface area contributed by atoms with Crippen molar-refractivity contribution in [3.63, 3.8) is 0 Å². The Hall–Kier alpha value is -6.06. The van der Waals surface area contributed by atoms with Gasteiger partial charge < -0.3 is 14.0 Å². The molecule has 0 spiro atoms. The second kappa shape index (κ2) is 10.3. The quantitative estimate of drug-likeness (QED) is 0.199. The second-order valence-corrected chi connectivity index (χ2v) is 11.5. The van der Waals surface area contributed by atoms with Crippen LogP contribution in [0.15, 0.2) is 176 Å². The third kappa shape index (κ3) is 4.13. The molecule has 0 fully saturated rings. The van der Waals surface area contributed by atoms with Gasteiger partial charge in [-0.3, -0.25) is 0 Å². The predicted molar refractivity (Wildman–Crippen MR) is 190 cm³/mol. The molecule has 9 aromatic rings. The van der Waals surface area contributed by atoms with Crippen molar-refractivity contribution in [2.75, 3.05) is 4.90 Å². The zero-order valence-corrected chi connectivity index (χ0v) is 24.6. The summed E-state index contributed by atoms with van der Waals surface area (Å²) in [5.74, 6) is 0. The SMILES string of the molecule is c1ccc(N(c2ccccc2)c2ccc(-n3ccc4c5cc6c7ccccc7n(-c7ccccc7)c6cc5ccc43)cc2)cc1. The minimum atomic E-state index is 1.12. The number of rotatable bonds is 5. The van der Waals surface area contributed by atoms with Gasteiger partial charge in [0.15, 0.2) is 0 Å². The van der Waals surface area contributed by atoms with Crippen molar-refractivity contribution < 1.29 is 0 Å². The summed E-state index contributed by atoms with van der Waals surface area (Å²) in [5, 5.41) is 6.31. The molecule has 0 amide bonds. The zero-order valence-electron chi connectivity index (χ0n) is 24.6. The van der Waals surface area contributed by atoms with Crippen LogP contribution in [0.4, 0.5) is 17.1 Å². The number of benzene rings is 7. The first kappa shape index (κ1) is 25.4. The van der Waals surface area contributed by atoms with Gasteiger partial charge in [0, 0.05) is 50.8 Å². The number of fused-ring (bicyclic) bond motifs is 6. The van der Waals surface area contributed by atoms with E-state index in [1.807, 2.05) is 0 Å². The van der Waals surface area contributed by atoms with Gasteiger partial charge in [-0.15, -0.1) is 0 Å². The van der Waals surface area contributed by atoms with Crippen LogP contribution in [0.5, 0.6) is 0 Å². The normalized spacial score (nSPS) is 11.6. The summed E-state index contributed by atoms with van der Waals surface area (Å²) in [5.41, 5.74) is 9.35. The van der Waals surface area contributed by atoms with Gasteiger partial charge in [0.1, 0.15) is 0 Å². The van der Waals surface area contributed by atoms with Crippen molar-refractivity contribution in [1.82, 2.24) is 9.13 Å². The molecule has 0 aliphatic rings. The second-order valence-electron chi connectivity index (χ2n) is 11.5. The molecule has 0 N–H and O–H groups in total. The van der Waals surface area contributed by atoms with Crippen molar-refractivity contribution in [2.24, 2.45) is 0 Å². The van der Waals surface area contributed by atoms with Crippen LogP contribution in [-0.2, 0) is 0 Å². The fourth-order valence-electron chi connectivity index (χ4n) is 6.86. The van der Waals surface area contributed by atoms with Gasteiger partial charge in [0.2, 0.25) is 0 Å². The molecule has 0 bridgehead atoms. The van der Waals surface area contributed by atoms with Crippen molar-refractivity contribution in [1.29, 1.82) is 0 Å². The van der Waals surface area contributed by atoms with E-state index in [1.54, 1.807) is 0 Å². The molecule has 45 heavy (non-hydrogen) atoms. The number of para-hydroxylation sites is 4. The molecule has 7 aromatic carbocycles. The Morgan fingerprint density at radius 2 is 0.956 bits per heavy atom. The van der Waals surface area contributed by atoms with E-state index in [-0.39, 0.29) is 0 Å². The Balaban J connectivity index is 1.17. The lowest BCUT2D eigenvalue weighted by Crippen LogP contribution is -2.09. The van der Waals surface area contributed by atoms with Crippen LogP contribution in [0.2, 0.25) is 0 Å². The summed E-state index contributed by atoms with van der Waals surface area (Å²) < 4.78 is 4.68. The number of nitrogens with zero attached hydrogens (tertiary/aromatic N) is 3. The van der Waals surface area contributed by atoms with Crippen molar-refractivity contribution in [3.8, 4) is 11.4 Å². The highest BCUT2D eigenvalue weighted by Crippen LogP contribution is 2.38. The standard InChI is InChI=1S/C42H29N3/c1-4-12-32(13-5-1)44(33-14-6-2-7-15-33)35-23-21-31(22-24-35)43-27-26-37-38-29-39-36-18-10-11-19-41(36)45(34-16-8-3-9-17-34)42(39)28-30(38)20-25-40(37)43/h1-29H. The van der Waals surface area contributed by atoms with Crippen molar-refractivity contribution in [2.45, 2.75) is 0 Å². The maximum absolute atomic E-state index is 2.39. The lowest BCUT2D eigenvalue weighted by atomic mass is 10.0. The van der Waals surface area contributed by atoms with E-state index in [0.717, 1.165) is 22.7 Å². The van der Waals surface area contributed by atoms with E-state index in [2.05, 4.69) is 190 Å². The molecule has 3 heteroatoms. The molecular formula is C42H29N3. The monoisotopic (exact) mass is 575 g/mol. The molecule has 2 heterocycles. The molecule has 0 atom stereocenters. The highest BCUT2D eigenvalue weighted by atomic mass is 15.1. The summed E-state index contributed by atoms with van der Waals surface area (Å²) >= 11 is 0. The molecule has 0 unspecified atom stereocenters. The minimum absolute atomic E-state index is 1.12. The van der Waals surface area contributed by atoms with Crippen LogP contribution in [0, 0.1) is 0 Å². The van der Waals surface area contributed by atoms with Gasteiger partial charge in [-0.05, 0) is 102 Å². The molecule has 3 nitrogen and oxygen atoms in total. The lowest BCUT2D eigenvalue weighted by Gasteiger charge is -2.25. The third-order valence-corrected chi connectivity index (χ3v) is 8.91. The summed E-state index contributed by atoms with van der Waals surface area (Å²) in [7, 11) is 0. The first-order chi connectivity index (χ1) is 22.3. The topological polar surface area (TPSA) is 13.1 Å². The Kier molecular flexibility index (Phi) is 5.82. The zero-order chi connectivity index (χ0) is 29.7. The van der Waals surface area contributed by atoms with Crippen LogP contribution < -0.4 is 4.90 Å².